The Labute approximate surface area is 121 Å². The Morgan fingerprint density at radius 1 is 1.29 bits per heavy atom. The Morgan fingerprint density at radius 2 is 1.86 bits per heavy atom. The van der Waals surface area contributed by atoms with Gasteiger partial charge in [0.1, 0.15) is 6.04 Å². The molecule has 0 aliphatic heterocycles. The maximum absolute atomic E-state index is 11.9. The maximum Gasteiger partial charge on any atom is 0.328 e. The van der Waals surface area contributed by atoms with Crippen molar-refractivity contribution in [3.63, 3.8) is 0 Å². The van der Waals surface area contributed by atoms with Crippen molar-refractivity contribution in [2.75, 3.05) is 13.2 Å². The summed E-state index contributed by atoms with van der Waals surface area (Å²) in [5.74, 6) is -2.68. The van der Waals surface area contributed by atoms with Crippen LogP contribution in [-0.2, 0) is 14.4 Å². The zero-order chi connectivity index (χ0) is 16.6. The molecule has 9 nitrogen and oxygen atoms in total. The van der Waals surface area contributed by atoms with Gasteiger partial charge in [-0.2, -0.15) is 0 Å². The molecule has 0 rings (SSSR count). The molecule has 0 fully saturated rings. The number of rotatable bonds is 8. The average molecular weight is 300 g/mol. The highest BCUT2D eigenvalue weighted by Crippen LogP contribution is 2.02. The van der Waals surface area contributed by atoms with Crippen molar-refractivity contribution in [2.24, 2.45) is 5.73 Å². The van der Waals surface area contributed by atoms with E-state index in [0.29, 0.717) is 0 Å². The average Bonchev–Trinajstić information content (AvgIpc) is 2.33. The first-order chi connectivity index (χ1) is 9.70. The predicted octanol–water partition coefficient (Wildman–Crippen LogP) is -1.67. The first kappa shape index (κ1) is 18.6. The van der Waals surface area contributed by atoms with Crippen molar-refractivity contribution in [1.29, 1.82) is 5.41 Å². The molecule has 0 radical (unpaired) electrons. The summed E-state index contributed by atoms with van der Waals surface area (Å²) in [7, 11) is 0. The zero-order valence-corrected chi connectivity index (χ0v) is 11.9. The van der Waals surface area contributed by atoms with Crippen molar-refractivity contribution in [2.45, 2.75) is 26.3 Å². The molecule has 0 spiro atoms. The number of carboxylic acids is 1. The molecule has 0 aromatic carbocycles. The Balaban J connectivity index is 4.83. The zero-order valence-electron chi connectivity index (χ0n) is 11.9. The van der Waals surface area contributed by atoms with Crippen LogP contribution in [0, 0.1) is 5.41 Å². The standard InChI is InChI=1S/C12H20N4O5/c1-6(13)10(7(2)14)11(19)16-8(12(20)21)5-15-9(18)3-4-17/h8,13,17H,3-5,14H2,1-2H3,(H,15,18)(H,16,19)(H,20,21)/b10-7+,13-6?/t8-/m0/s1. The Kier molecular flexibility index (Phi) is 7.69. The molecule has 0 unspecified atom stereocenters. The lowest BCUT2D eigenvalue weighted by molar-refractivity contribution is -0.141. The van der Waals surface area contributed by atoms with Crippen LogP contribution in [0.15, 0.2) is 11.3 Å². The maximum atomic E-state index is 11.9. The van der Waals surface area contributed by atoms with E-state index in [4.69, 9.17) is 21.4 Å². The number of amides is 2. The van der Waals surface area contributed by atoms with E-state index < -0.39 is 23.8 Å². The van der Waals surface area contributed by atoms with Gasteiger partial charge in [-0.3, -0.25) is 9.59 Å². The Morgan fingerprint density at radius 3 is 2.24 bits per heavy atom. The topological polar surface area (TPSA) is 166 Å². The third-order valence-corrected chi connectivity index (χ3v) is 2.44. The monoisotopic (exact) mass is 300 g/mol. The van der Waals surface area contributed by atoms with Gasteiger partial charge in [-0.05, 0) is 13.8 Å². The second-order valence-electron chi connectivity index (χ2n) is 4.32. The number of hydrogen-bond acceptors (Lipinski definition) is 6. The second kappa shape index (κ2) is 8.69. The molecule has 21 heavy (non-hydrogen) atoms. The lowest BCUT2D eigenvalue weighted by Gasteiger charge is -2.17. The molecule has 0 aliphatic rings. The number of aliphatic carboxylic acids is 1. The summed E-state index contributed by atoms with van der Waals surface area (Å²) in [6, 6.07) is -1.37. The number of carbonyl (C=O) groups excluding carboxylic acids is 2. The molecule has 0 aromatic rings. The van der Waals surface area contributed by atoms with E-state index in [9.17, 15) is 14.4 Å². The van der Waals surface area contributed by atoms with E-state index in [-0.39, 0.29) is 36.6 Å². The fourth-order valence-corrected chi connectivity index (χ4v) is 1.48. The summed E-state index contributed by atoms with van der Waals surface area (Å²) in [6.07, 6.45) is -0.160. The van der Waals surface area contributed by atoms with E-state index in [0.717, 1.165) is 0 Å². The van der Waals surface area contributed by atoms with Crippen LogP contribution in [-0.4, -0.2) is 52.9 Å². The molecule has 0 aromatic heterocycles. The van der Waals surface area contributed by atoms with Gasteiger partial charge < -0.3 is 32.0 Å². The molecule has 0 aliphatic carbocycles. The molecule has 1 atom stereocenters. The quantitative estimate of drug-likeness (QED) is 0.231. The predicted molar refractivity (Wildman–Crippen MR) is 74.6 cm³/mol. The van der Waals surface area contributed by atoms with Gasteiger partial charge in [0.25, 0.3) is 5.91 Å². The van der Waals surface area contributed by atoms with E-state index in [2.05, 4.69) is 10.6 Å². The van der Waals surface area contributed by atoms with Crippen molar-refractivity contribution in [3.05, 3.63) is 11.3 Å². The van der Waals surface area contributed by atoms with Gasteiger partial charge in [0.05, 0.1) is 12.2 Å². The summed E-state index contributed by atoms with van der Waals surface area (Å²) in [5.41, 5.74) is 5.37. The number of nitrogens with one attached hydrogen (secondary N) is 3. The molecular weight excluding hydrogens is 280 g/mol. The largest absolute Gasteiger partial charge is 0.480 e. The summed E-state index contributed by atoms with van der Waals surface area (Å²) >= 11 is 0. The third kappa shape index (κ3) is 6.52. The van der Waals surface area contributed by atoms with Gasteiger partial charge in [-0.15, -0.1) is 0 Å². The molecule has 0 bridgehead atoms. The lowest BCUT2D eigenvalue weighted by Crippen LogP contribution is -2.49. The number of hydrogen-bond donors (Lipinski definition) is 6. The van der Waals surface area contributed by atoms with Crippen molar-refractivity contribution in [1.82, 2.24) is 10.6 Å². The van der Waals surface area contributed by atoms with E-state index in [1.54, 1.807) is 0 Å². The first-order valence-electron chi connectivity index (χ1n) is 6.13. The van der Waals surface area contributed by atoms with Gasteiger partial charge in [0, 0.05) is 24.4 Å². The Bertz CT molecular complexity index is 468. The number of nitrogens with two attached hydrogens (primary N) is 1. The van der Waals surface area contributed by atoms with Gasteiger partial charge in [0.2, 0.25) is 5.91 Å². The smallest absolute Gasteiger partial charge is 0.328 e. The highest BCUT2D eigenvalue weighted by atomic mass is 16.4. The molecule has 0 saturated carbocycles. The highest BCUT2D eigenvalue weighted by Gasteiger charge is 2.23. The highest BCUT2D eigenvalue weighted by molar-refractivity contribution is 6.20. The molecule has 0 heterocycles. The van der Waals surface area contributed by atoms with Gasteiger partial charge in [-0.25, -0.2) is 4.79 Å². The number of allylic oxidation sites excluding steroid dienone is 1. The lowest BCUT2D eigenvalue weighted by atomic mass is 10.1. The van der Waals surface area contributed by atoms with Crippen LogP contribution < -0.4 is 16.4 Å². The molecule has 0 saturated heterocycles. The van der Waals surface area contributed by atoms with E-state index in [1.165, 1.54) is 13.8 Å². The fourth-order valence-electron chi connectivity index (χ4n) is 1.48. The van der Waals surface area contributed by atoms with Crippen LogP contribution >= 0.6 is 0 Å². The SMILES string of the molecule is CC(=N)/C(C(=O)N[C@@H](CNC(=O)CCO)C(=O)O)=C(/C)N. The van der Waals surface area contributed by atoms with Crippen LogP contribution in [0.1, 0.15) is 20.3 Å². The van der Waals surface area contributed by atoms with Crippen LogP contribution in [0.4, 0.5) is 0 Å². The first-order valence-corrected chi connectivity index (χ1v) is 6.13. The van der Waals surface area contributed by atoms with E-state index >= 15 is 0 Å². The fraction of sp³-hybridized carbons (Fsp3) is 0.500. The summed E-state index contributed by atoms with van der Waals surface area (Å²) in [4.78, 5) is 34.1. The van der Waals surface area contributed by atoms with Gasteiger partial charge >= 0.3 is 5.97 Å². The normalized spacial score (nSPS) is 12.9. The van der Waals surface area contributed by atoms with Crippen molar-refractivity contribution in [3.8, 4) is 0 Å². The minimum Gasteiger partial charge on any atom is -0.480 e. The van der Waals surface area contributed by atoms with Crippen molar-refractivity contribution >= 4 is 23.5 Å². The summed E-state index contributed by atoms with van der Waals surface area (Å²) in [6.45, 7) is 2.08. The number of carboxylic acid groups (broad SMARTS) is 1. The second-order valence-corrected chi connectivity index (χ2v) is 4.32. The van der Waals surface area contributed by atoms with E-state index in [1.807, 2.05) is 0 Å². The summed E-state index contributed by atoms with van der Waals surface area (Å²) < 4.78 is 0. The minimum atomic E-state index is -1.37. The molecule has 118 valence electrons. The number of aliphatic hydroxyl groups excluding tert-OH is 1. The van der Waals surface area contributed by atoms with Crippen LogP contribution in [0.3, 0.4) is 0 Å². The van der Waals surface area contributed by atoms with Gasteiger partial charge in [-0.1, -0.05) is 0 Å². The molecule has 7 N–H and O–H groups in total. The molecule has 2 amide bonds. The number of aliphatic hydroxyl groups is 1. The Hall–Kier alpha value is -2.42. The number of carbonyl (C=O) groups is 3. The van der Waals surface area contributed by atoms with Crippen LogP contribution in [0.25, 0.3) is 0 Å². The van der Waals surface area contributed by atoms with Crippen LogP contribution in [0.2, 0.25) is 0 Å². The van der Waals surface area contributed by atoms with Crippen LogP contribution in [0.5, 0.6) is 0 Å². The molecular formula is C12H20N4O5. The van der Waals surface area contributed by atoms with Crippen molar-refractivity contribution < 1.29 is 24.6 Å². The summed E-state index contributed by atoms with van der Waals surface area (Å²) in [5, 5.41) is 29.5. The minimum absolute atomic E-state index is 0.0912. The third-order valence-electron chi connectivity index (χ3n) is 2.44. The van der Waals surface area contributed by atoms with Gasteiger partial charge in [0.15, 0.2) is 0 Å². The molecule has 9 heteroatoms.